The van der Waals surface area contributed by atoms with Gasteiger partial charge in [0, 0.05) is 18.2 Å². The van der Waals surface area contributed by atoms with E-state index in [9.17, 15) is 39.6 Å². The summed E-state index contributed by atoms with van der Waals surface area (Å²) in [7, 11) is -4.52. The summed E-state index contributed by atoms with van der Waals surface area (Å²) in [5.41, 5.74) is -0.961. The van der Waals surface area contributed by atoms with Crippen molar-refractivity contribution in [3.05, 3.63) is 23.9 Å². The van der Waals surface area contributed by atoms with Crippen molar-refractivity contribution >= 4 is 21.7 Å². The monoisotopic (exact) mass is 433 g/mol. The second-order valence-corrected chi connectivity index (χ2v) is 8.21. The number of hydrogen-bond acceptors (Lipinski definition) is 4. The molecule has 13 heteroatoms. The number of amides is 1. The normalized spacial score (nSPS) is 21.4. The van der Waals surface area contributed by atoms with Crippen molar-refractivity contribution in [3.8, 4) is 0 Å². The van der Waals surface area contributed by atoms with Crippen molar-refractivity contribution in [3.63, 3.8) is 0 Å². The van der Waals surface area contributed by atoms with Crippen molar-refractivity contribution in [2.45, 2.75) is 44.1 Å². The quantitative estimate of drug-likeness (QED) is 0.699. The van der Waals surface area contributed by atoms with E-state index < -0.39 is 51.6 Å². The second-order valence-electron chi connectivity index (χ2n) is 6.46. The predicted molar refractivity (Wildman–Crippen MR) is 86.6 cm³/mol. The highest BCUT2D eigenvalue weighted by molar-refractivity contribution is 7.89. The van der Waals surface area contributed by atoms with Gasteiger partial charge in [-0.2, -0.15) is 26.3 Å². The number of sulfonamides is 1. The van der Waals surface area contributed by atoms with E-state index in [-0.39, 0.29) is 31.5 Å². The number of halogens is 6. The Morgan fingerprint density at radius 3 is 2.14 bits per heavy atom. The average Bonchev–Trinajstić information content (AvgIpc) is 2.52. The van der Waals surface area contributed by atoms with E-state index in [1.807, 2.05) is 4.72 Å². The number of pyridine rings is 1. The minimum atomic E-state index is -4.85. The van der Waals surface area contributed by atoms with E-state index in [0.717, 1.165) is 12.1 Å². The predicted octanol–water partition coefficient (Wildman–Crippen LogP) is 3.08. The molecule has 1 aromatic heterocycles. The van der Waals surface area contributed by atoms with Crippen LogP contribution in [0.1, 0.15) is 31.2 Å². The van der Waals surface area contributed by atoms with Gasteiger partial charge in [0.15, 0.2) is 5.75 Å². The van der Waals surface area contributed by atoms with Gasteiger partial charge in [-0.25, -0.2) is 18.1 Å². The van der Waals surface area contributed by atoms with Crippen LogP contribution in [0.3, 0.4) is 0 Å². The molecule has 1 fully saturated rings. The number of rotatable bonds is 5. The number of carbonyl (C=O) groups excluding carboxylic acids is 1. The molecule has 1 heterocycles. The number of carbonyl (C=O) groups is 1. The number of alkyl halides is 6. The number of nitrogens with zero attached hydrogens (tertiary/aromatic N) is 1. The SMILES string of the molecule is O=C(Nc1ccc(C(F)(F)F)cn1)[C@H]1CC[C@H](NS(=O)(=O)CC(F)(F)F)CC1. The molecule has 0 radical (unpaired) electrons. The van der Waals surface area contributed by atoms with Gasteiger partial charge in [-0.05, 0) is 37.8 Å². The lowest BCUT2D eigenvalue weighted by molar-refractivity contribution is -0.137. The zero-order valence-corrected chi connectivity index (χ0v) is 15.1. The summed E-state index contributed by atoms with van der Waals surface area (Å²) in [5, 5.41) is 2.38. The smallest absolute Gasteiger partial charge is 0.310 e. The minimum absolute atomic E-state index is 0.0639. The van der Waals surface area contributed by atoms with E-state index in [2.05, 4.69) is 10.3 Å². The van der Waals surface area contributed by atoms with Gasteiger partial charge in [0.2, 0.25) is 15.9 Å². The Bertz CT molecular complexity index is 785. The Hall–Kier alpha value is -1.89. The van der Waals surface area contributed by atoms with Crippen LogP contribution in [-0.2, 0) is 21.0 Å². The van der Waals surface area contributed by atoms with Crippen LogP contribution < -0.4 is 10.0 Å². The summed E-state index contributed by atoms with van der Waals surface area (Å²) >= 11 is 0. The van der Waals surface area contributed by atoms with Crippen molar-refractivity contribution in [1.82, 2.24) is 9.71 Å². The van der Waals surface area contributed by atoms with Crippen LogP contribution in [0.15, 0.2) is 18.3 Å². The maximum Gasteiger partial charge on any atom is 0.417 e. The lowest BCUT2D eigenvalue weighted by Gasteiger charge is -2.28. The first kappa shape index (κ1) is 22.4. The number of anilines is 1. The number of aromatic nitrogens is 1. The average molecular weight is 433 g/mol. The summed E-state index contributed by atoms with van der Waals surface area (Å²) in [5.74, 6) is -3.08. The summed E-state index contributed by atoms with van der Waals surface area (Å²) in [6, 6.07) is 1.08. The van der Waals surface area contributed by atoms with Gasteiger partial charge in [-0.1, -0.05) is 0 Å². The van der Waals surface area contributed by atoms with Gasteiger partial charge in [-0.3, -0.25) is 4.79 Å². The molecule has 1 aromatic rings. The van der Waals surface area contributed by atoms with Gasteiger partial charge in [0.25, 0.3) is 0 Å². The molecule has 2 rings (SSSR count). The van der Waals surface area contributed by atoms with Crippen LogP contribution in [0.25, 0.3) is 0 Å². The van der Waals surface area contributed by atoms with Crippen molar-refractivity contribution < 1.29 is 39.6 Å². The molecule has 0 bridgehead atoms. The molecule has 28 heavy (non-hydrogen) atoms. The summed E-state index contributed by atoms with van der Waals surface area (Å²) in [6.45, 7) is 0. The molecule has 0 aromatic carbocycles. The van der Waals surface area contributed by atoms with Crippen molar-refractivity contribution in [2.24, 2.45) is 5.92 Å². The lowest BCUT2D eigenvalue weighted by atomic mass is 9.86. The number of hydrogen-bond donors (Lipinski definition) is 2. The number of nitrogens with one attached hydrogen (secondary N) is 2. The minimum Gasteiger partial charge on any atom is -0.310 e. The van der Waals surface area contributed by atoms with E-state index in [0.29, 0.717) is 6.20 Å². The summed E-state index contributed by atoms with van der Waals surface area (Å²) in [4.78, 5) is 15.7. The first-order valence-electron chi connectivity index (χ1n) is 8.16. The van der Waals surface area contributed by atoms with Crippen LogP contribution >= 0.6 is 0 Å². The molecule has 158 valence electrons. The lowest BCUT2D eigenvalue weighted by Crippen LogP contribution is -2.42. The van der Waals surface area contributed by atoms with Crippen LogP contribution in [0, 0.1) is 5.92 Å². The zero-order chi connectivity index (χ0) is 21.2. The standard InChI is InChI=1S/C15H17F6N3O3S/c16-14(17,18)8-28(26,27)24-11-4-1-9(2-5-11)13(25)23-12-6-3-10(7-22-12)15(19,20)21/h3,6-7,9,11,24H,1-2,4-5,8H2,(H,22,23,25)/t9-,11-. The third kappa shape index (κ3) is 6.93. The van der Waals surface area contributed by atoms with Gasteiger partial charge in [-0.15, -0.1) is 0 Å². The van der Waals surface area contributed by atoms with Crippen LogP contribution in [0.4, 0.5) is 32.2 Å². The van der Waals surface area contributed by atoms with Crippen LogP contribution in [0.2, 0.25) is 0 Å². The maximum atomic E-state index is 12.5. The Labute approximate surface area is 156 Å². The molecule has 6 nitrogen and oxygen atoms in total. The van der Waals surface area contributed by atoms with Gasteiger partial charge in [0.1, 0.15) is 5.82 Å². The molecule has 2 N–H and O–H groups in total. The topological polar surface area (TPSA) is 88.2 Å². The fraction of sp³-hybridized carbons (Fsp3) is 0.600. The fourth-order valence-electron chi connectivity index (χ4n) is 2.85. The Kier molecular flexibility index (Phi) is 6.58. The maximum absolute atomic E-state index is 12.5. The summed E-state index contributed by atoms with van der Waals surface area (Å²) in [6.07, 6.45) is -8.06. The van der Waals surface area contributed by atoms with Crippen LogP contribution in [-0.4, -0.2) is 37.3 Å². The van der Waals surface area contributed by atoms with E-state index >= 15 is 0 Å². The highest BCUT2D eigenvalue weighted by Gasteiger charge is 2.37. The molecule has 0 saturated heterocycles. The Morgan fingerprint density at radius 2 is 1.68 bits per heavy atom. The Morgan fingerprint density at radius 1 is 1.07 bits per heavy atom. The molecule has 1 aliphatic rings. The van der Waals surface area contributed by atoms with E-state index in [1.165, 1.54) is 0 Å². The molecule has 0 aliphatic heterocycles. The van der Waals surface area contributed by atoms with E-state index in [4.69, 9.17) is 0 Å². The largest absolute Gasteiger partial charge is 0.417 e. The molecular formula is C15H17F6N3O3S. The van der Waals surface area contributed by atoms with Crippen LogP contribution in [0.5, 0.6) is 0 Å². The third-order valence-corrected chi connectivity index (χ3v) is 5.54. The summed E-state index contributed by atoms with van der Waals surface area (Å²) < 4.78 is 99.1. The van der Waals surface area contributed by atoms with E-state index in [1.54, 1.807) is 0 Å². The van der Waals surface area contributed by atoms with Gasteiger partial charge < -0.3 is 5.32 Å². The molecule has 0 spiro atoms. The highest BCUT2D eigenvalue weighted by atomic mass is 32.2. The molecule has 0 atom stereocenters. The fourth-order valence-corrected chi connectivity index (χ4v) is 4.11. The second kappa shape index (κ2) is 8.23. The first-order valence-corrected chi connectivity index (χ1v) is 9.81. The van der Waals surface area contributed by atoms with Gasteiger partial charge >= 0.3 is 12.4 Å². The van der Waals surface area contributed by atoms with Crippen molar-refractivity contribution in [1.29, 1.82) is 0 Å². The third-order valence-electron chi connectivity index (χ3n) is 4.14. The van der Waals surface area contributed by atoms with Gasteiger partial charge in [0.05, 0.1) is 5.56 Å². The zero-order valence-electron chi connectivity index (χ0n) is 14.3. The molecule has 1 saturated carbocycles. The van der Waals surface area contributed by atoms with Crippen molar-refractivity contribution in [2.75, 3.05) is 11.1 Å². The molecule has 1 aliphatic carbocycles. The molecule has 1 amide bonds. The molecule has 0 unspecified atom stereocenters. The molecular weight excluding hydrogens is 416 g/mol. The first-order chi connectivity index (χ1) is 12.8. The highest BCUT2D eigenvalue weighted by Crippen LogP contribution is 2.30. The Balaban J connectivity index is 1.85.